The van der Waals surface area contributed by atoms with Crippen LogP contribution in [0.15, 0.2) is 125 Å². The van der Waals surface area contributed by atoms with Crippen molar-refractivity contribution in [2.45, 2.75) is 24.0 Å². The first-order valence-electron chi connectivity index (χ1n) is 14.7. The molecule has 5 aromatic rings. The van der Waals surface area contributed by atoms with E-state index in [0.29, 0.717) is 33.2 Å². The Morgan fingerprint density at radius 2 is 1.51 bits per heavy atom. The van der Waals surface area contributed by atoms with Crippen molar-refractivity contribution in [2.24, 2.45) is 7.05 Å². The van der Waals surface area contributed by atoms with Crippen molar-refractivity contribution in [3.63, 3.8) is 0 Å². The second-order valence-electron chi connectivity index (χ2n) is 10.6. The van der Waals surface area contributed by atoms with E-state index in [1.54, 1.807) is 111 Å². The summed E-state index contributed by atoms with van der Waals surface area (Å²) in [5.74, 6) is -1.28. The number of amides is 3. The number of aromatic nitrogens is 2. The summed E-state index contributed by atoms with van der Waals surface area (Å²) in [5, 5.41) is 8.30. The molecular formula is C36H32ClN5O4S. The Balaban J connectivity index is 1.25. The van der Waals surface area contributed by atoms with Gasteiger partial charge in [0.1, 0.15) is 11.4 Å². The van der Waals surface area contributed by atoms with Gasteiger partial charge in [-0.1, -0.05) is 60.1 Å². The van der Waals surface area contributed by atoms with Crippen LogP contribution >= 0.6 is 23.4 Å². The number of hydrogen-bond donors (Lipinski definition) is 3. The predicted molar refractivity (Wildman–Crippen MR) is 188 cm³/mol. The van der Waals surface area contributed by atoms with Crippen molar-refractivity contribution < 1.29 is 14.4 Å². The van der Waals surface area contributed by atoms with Crippen molar-refractivity contribution in [3.8, 4) is 5.69 Å². The molecule has 0 radical (unpaired) electrons. The van der Waals surface area contributed by atoms with Crippen molar-refractivity contribution in [2.75, 3.05) is 10.6 Å². The van der Waals surface area contributed by atoms with Gasteiger partial charge in [-0.25, -0.2) is 4.68 Å². The molecular weight excluding hydrogens is 634 g/mol. The number of halogens is 1. The van der Waals surface area contributed by atoms with Crippen molar-refractivity contribution >= 4 is 58.5 Å². The number of hydrogen-bond acceptors (Lipinski definition) is 5. The highest BCUT2D eigenvalue weighted by molar-refractivity contribution is 8.00. The van der Waals surface area contributed by atoms with Crippen LogP contribution in [0.5, 0.6) is 0 Å². The standard InChI is InChI=1S/C36H32ClN5O4S/c1-23-32(36(46)42(41(23)3)29-15-8-5-9-16-29)40-33(43)24(2)47-30-19-17-28(18-20-30)38-35(45)31(22-25-11-10-14-27(37)21-25)39-34(44)26-12-6-4-7-13-26/h4-22,24H,1-3H3,(H,38,45)(H,39,44)(H,40,43)/b31-22-. The number of rotatable bonds is 10. The molecule has 0 saturated carbocycles. The number of nitrogens with one attached hydrogen (secondary N) is 3. The van der Waals surface area contributed by atoms with E-state index < -0.39 is 17.1 Å². The lowest BCUT2D eigenvalue weighted by Crippen LogP contribution is -2.30. The SMILES string of the molecule is Cc1c(NC(=O)C(C)Sc2ccc(NC(=O)/C(=C/c3cccc(Cl)c3)NC(=O)c3ccccc3)cc2)c(=O)n(-c2ccccc2)n1C. The van der Waals surface area contributed by atoms with Crippen molar-refractivity contribution in [3.05, 3.63) is 147 Å². The van der Waals surface area contributed by atoms with Crippen LogP contribution in [0, 0.1) is 6.92 Å². The minimum Gasteiger partial charge on any atom is -0.321 e. The number of benzene rings is 4. The van der Waals surface area contributed by atoms with Gasteiger partial charge >= 0.3 is 0 Å². The van der Waals surface area contributed by atoms with Crippen LogP contribution in [0.2, 0.25) is 5.02 Å². The Labute approximate surface area is 281 Å². The monoisotopic (exact) mass is 665 g/mol. The molecule has 3 N–H and O–H groups in total. The highest BCUT2D eigenvalue weighted by Crippen LogP contribution is 2.26. The highest BCUT2D eigenvalue weighted by atomic mass is 35.5. The second-order valence-corrected chi connectivity index (χ2v) is 12.4. The maximum Gasteiger partial charge on any atom is 0.295 e. The van der Waals surface area contributed by atoms with Gasteiger partial charge in [0, 0.05) is 28.2 Å². The minimum absolute atomic E-state index is 0.0346. The summed E-state index contributed by atoms with van der Waals surface area (Å²) in [5.41, 5.74) is 2.81. The van der Waals surface area contributed by atoms with Gasteiger partial charge in [0.25, 0.3) is 17.4 Å². The molecule has 0 spiro atoms. The summed E-state index contributed by atoms with van der Waals surface area (Å²) in [6, 6.07) is 31.7. The first-order chi connectivity index (χ1) is 22.6. The predicted octanol–water partition coefficient (Wildman–Crippen LogP) is 6.67. The van der Waals surface area contributed by atoms with E-state index in [1.165, 1.54) is 16.4 Å². The van der Waals surface area contributed by atoms with Gasteiger partial charge in [0.05, 0.1) is 16.6 Å². The third kappa shape index (κ3) is 8.10. The Bertz CT molecular complexity index is 2010. The fraction of sp³-hybridized carbons (Fsp3) is 0.111. The average Bonchev–Trinajstić information content (AvgIpc) is 3.28. The summed E-state index contributed by atoms with van der Waals surface area (Å²) >= 11 is 7.45. The van der Waals surface area contributed by atoms with E-state index in [9.17, 15) is 19.2 Å². The van der Waals surface area contributed by atoms with Gasteiger partial charge in [-0.3, -0.25) is 23.9 Å². The van der Waals surface area contributed by atoms with Gasteiger partial charge in [0.2, 0.25) is 5.91 Å². The summed E-state index contributed by atoms with van der Waals surface area (Å²) in [7, 11) is 1.77. The molecule has 0 aliphatic heterocycles. The van der Waals surface area contributed by atoms with Crippen LogP contribution < -0.4 is 21.5 Å². The second kappa shape index (κ2) is 14.8. The summed E-state index contributed by atoms with van der Waals surface area (Å²) in [6.07, 6.45) is 1.55. The molecule has 5 rings (SSSR count). The molecule has 0 aliphatic rings. The molecule has 0 aliphatic carbocycles. The quantitative estimate of drug-likeness (QED) is 0.114. The minimum atomic E-state index is -0.528. The fourth-order valence-corrected chi connectivity index (χ4v) is 5.78. The molecule has 1 atom stereocenters. The Kier molecular flexibility index (Phi) is 10.4. The maximum absolute atomic E-state index is 13.4. The zero-order valence-electron chi connectivity index (χ0n) is 25.9. The molecule has 0 saturated heterocycles. The molecule has 1 unspecified atom stereocenters. The topological polar surface area (TPSA) is 114 Å². The van der Waals surface area contributed by atoms with Gasteiger partial charge in [0.15, 0.2) is 0 Å². The van der Waals surface area contributed by atoms with Gasteiger partial charge in [-0.15, -0.1) is 11.8 Å². The average molecular weight is 666 g/mol. The van der Waals surface area contributed by atoms with Crippen LogP contribution in [-0.4, -0.2) is 32.3 Å². The number of anilines is 2. The molecule has 238 valence electrons. The van der Waals surface area contributed by atoms with Crippen molar-refractivity contribution in [1.29, 1.82) is 0 Å². The van der Waals surface area contributed by atoms with Crippen LogP contribution in [0.25, 0.3) is 11.8 Å². The lowest BCUT2D eigenvalue weighted by molar-refractivity contribution is -0.115. The van der Waals surface area contributed by atoms with E-state index in [4.69, 9.17) is 11.6 Å². The lowest BCUT2D eigenvalue weighted by Gasteiger charge is -2.13. The molecule has 1 aromatic heterocycles. The van der Waals surface area contributed by atoms with Crippen molar-refractivity contribution in [1.82, 2.24) is 14.7 Å². The first kappa shape index (κ1) is 33.1. The zero-order valence-corrected chi connectivity index (χ0v) is 27.4. The Hall–Kier alpha value is -5.32. The molecule has 4 aromatic carbocycles. The lowest BCUT2D eigenvalue weighted by atomic mass is 10.1. The first-order valence-corrected chi connectivity index (χ1v) is 15.9. The largest absolute Gasteiger partial charge is 0.321 e. The summed E-state index contributed by atoms with van der Waals surface area (Å²) in [6.45, 7) is 3.54. The maximum atomic E-state index is 13.4. The fourth-order valence-electron chi connectivity index (χ4n) is 4.72. The molecule has 0 bridgehead atoms. The Morgan fingerprint density at radius 3 is 2.17 bits per heavy atom. The van der Waals surface area contributed by atoms with Crippen LogP contribution in [0.1, 0.15) is 28.5 Å². The number of nitrogens with zero attached hydrogens (tertiary/aromatic N) is 2. The van der Waals surface area contributed by atoms with Crippen LogP contribution in [0.3, 0.4) is 0 Å². The number of carbonyl (C=O) groups excluding carboxylic acids is 3. The third-order valence-corrected chi connectivity index (χ3v) is 8.63. The van der Waals surface area contributed by atoms with E-state index in [0.717, 1.165) is 4.90 Å². The molecule has 0 fully saturated rings. The van der Waals surface area contributed by atoms with E-state index in [-0.39, 0.29) is 22.9 Å². The zero-order chi connectivity index (χ0) is 33.5. The number of thioether (sulfide) groups is 1. The van der Waals surface area contributed by atoms with Crippen LogP contribution in [-0.2, 0) is 16.6 Å². The number of carbonyl (C=O) groups is 3. The highest BCUT2D eigenvalue weighted by Gasteiger charge is 2.22. The number of para-hydroxylation sites is 1. The van der Waals surface area contributed by atoms with E-state index >= 15 is 0 Å². The van der Waals surface area contributed by atoms with Gasteiger partial charge in [-0.2, -0.15) is 0 Å². The van der Waals surface area contributed by atoms with Gasteiger partial charge < -0.3 is 16.0 Å². The third-order valence-electron chi connectivity index (χ3n) is 7.29. The Morgan fingerprint density at radius 1 is 0.851 bits per heavy atom. The molecule has 3 amide bonds. The van der Waals surface area contributed by atoms with Gasteiger partial charge in [-0.05, 0) is 86.2 Å². The molecule has 1 heterocycles. The van der Waals surface area contributed by atoms with Crippen LogP contribution in [0.4, 0.5) is 11.4 Å². The smallest absolute Gasteiger partial charge is 0.295 e. The molecule has 9 nitrogen and oxygen atoms in total. The van der Waals surface area contributed by atoms with E-state index in [2.05, 4.69) is 16.0 Å². The molecule has 47 heavy (non-hydrogen) atoms. The van der Waals surface area contributed by atoms with E-state index in [1.807, 2.05) is 30.3 Å². The molecule has 11 heteroatoms. The normalized spacial score (nSPS) is 11.9. The summed E-state index contributed by atoms with van der Waals surface area (Å²) < 4.78 is 3.22. The summed E-state index contributed by atoms with van der Waals surface area (Å²) in [4.78, 5) is 53.4.